The second-order valence-corrected chi connectivity index (χ2v) is 35.0. The minimum Gasteiger partial charge on any atom is -0.462 e. The largest absolute Gasteiger partial charge is 0.472 e. The van der Waals surface area contributed by atoms with Gasteiger partial charge in [-0.1, -0.05) is 383 Å². The van der Waals surface area contributed by atoms with Crippen molar-refractivity contribution in [2.24, 2.45) is 23.7 Å². The van der Waals surface area contributed by atoms with Gasteiger partial charge >= 0.3 is 39.5 Å². The zero-order chi connectivity index (χ0) is 76.0. The van der Waals surface area contributed by atoms with Crippen LogP contribution in [-0.2, 0) is 65.4 Å². The molecule has 0 radical (unpaired) electrons. The van der Waals surface area contributed by atoms with Gasteiger partial charge in [0.25, 0.3) is 0 Å². The molecule has 0 saturated carbocycles. The monoisotopic (exact) mass is 1510 g/mol. The van der Waals surface area contributed by atoms with E-state index in [1.54, 1.807) is 0 Å². The van der Waals surface area contributed by atoms with E-state index >= 15 is 0 Å². The predicted octanol–water partition coefficient (Wildman–Crippen LogP) is 25.2. The highest BCUT2D eigenvalue weighted by molar-refractivity contribution is 7.47. The van der Waals surface area contributed by atoms with Gasteiger partial charge in [0.1, 0.15) is 19.3 Å². The Morgan fingerprint density at radius 3 is 0.602 bits per heavy atom. The first-order valence-corrected chi connectivity index (χ1v) is 46.2. The summed E-state index contributed by atoms with van der Waals surface area (Å²) < 4.78 is 68.8. The van der Waals surface area contributed by atoms with E-state index in [0.717, 1.165) is 114 Å². The maximum Gasteiger partial charge on any atom is 0.472 e. The van der Waals surface area contributed by atoms with Crippen LogP contribution in [0.5, 0.6) is 0 Å². The van der Waals surface area contributed by atoms with Crippen LogP contribution in [0.15, 0.2) is 0 Å². The van der Waals surface area contributed by atoms with Gasteiger partial charge in [-0.05, 0) is 49.4 Å². The van der Waals surface area contributed by atoms with Gasteiger partial charge in [-0.25, -0.2) is 9.13 Å². The Labute approximate surface area is 632 Å². The Kier molecular flexibility index (Phi) is 71.5. The van der Waals surface area contributed by atoms with Crippen LogP contribution < -0.4 is 0 Å². The molecular weight excluding hydrogens is 1340 g/mol. The third-order valence-corrected chi connectivity index (χ3v) is 21.5. The number of aliphatic hydroxyl groups excluding tert-OH is 1. The molecule has 0 heterocycles. The lowest BCUT2D eigenvalue weighted by Gasteiger charge is -2.21. The standard InChI is InChI=1S/C84H164O17P2/c1-74(2)60-52-44-36-29-23-17-11-9-10-12-21-27-33-41-50-58-66-84(89)101-80(71-95-82(87)65-57-49-43-35-39-47-55-63-77(7)8)73-99-103(92,93)97-69-78(85)68-96-102(90,91)98-72-79(100-83(88)67-59-51-42-34-28-22-16-14-19-25-31-38-46-54-62-76(5)6)70-94-81(86)64-56-48-40-32-26-20-15-13-18-24-30-37-45-53-61-75(3)4/h74-80,85H,9-73H2,1-8H3,(H,90,91)(H,92,93)/t78?,79-,80-/m1/s1. The second kappa shape index (κ2) is 72.9. The SMILES string of the molecule is CC(C)CCCCCCCCCCCCCCCCCCC(=O)O[C@H](COC(=O)CCCCCCCCCC(C)C)COP(=O)(O)OCC(O)COP(=O)(O)OC[C@@H](COC(=O)CCCCCCCCCCCCCCCCC(C)C)OC(=O)CCCCCCCCCCCCCCCCC(C)C. The van der Waals surface area contributed by atoms with Gasteiger partial charge in [0.15, 0.2) is 12.2 Å². The first-order valence-electron chi connectivity index (χ1n) is 43.2. The zero-order valence-electron chi connectivity index (χ0n) is 68.0. The minimum absolute atomic E-state index is 0.107. The fourth-order valence-corrected chi connectivity index (χ4v) is 14.5. The number of rotatable bonds is 81. The number of unbranched alkanes of at least 4 members (excludes halogenated alkanes) is 47. The lowest BCUT2D eigenvalue weighted by molar-refractivity contribution is -0.161. The van der Waals surface area contributed by atoms with Crippen molar-refractivity contribution in [2.45, 2.75) is 453 Å². The maximum absolute atomic E-state index is 13.1. The lowest BCUT2D eigenvalue weighted by Crippen LogP contribution is -2.30. The maximum atomic E-state index is 13.1. The van der Waals surface area contributed by atoms with Crippen molar-refractivity contribution in [1.82, 2.24) is 0 Å². The topological polar surface area (TPSA) is 237 Å². The Hall–Kier alpha value is -1.94. The fraction of sp³-hybridized carbons (Fsp3) is 0.952. The average molecular weight is 1510 g/mol. The van der Waals surface area contributed by atoms with Gasteiger partial charge < -0.3 is 33.8 Å². The highest BCUT2D eigenvalue weighted by Crippen LogP contribution is 2.45. The summed E-state index contributed by atoms with van der Waals surface area (Å²) in [5.41, 5.74) is 0. The Morgan fingerprint density at radius 1 is 0.243 bits per heavy atom. The normalized spacial score (nSPS) is 14.0. The van der Waals surface area contributed by atoms with Crippen LogP contribution in [0.2, 0.25) is 0 Å². The van der Waals surface area contributed by atoms with E-state index in [0.29, 0.717) is 31.6 Å². The van der Waals surface area contributed by atoms with Crippen LogP contribution in [0.1, 0.15) is 434 Å². The fourth-order valence-electron chi connectivity index (χ4n) is 13.0. The minimum atomic E-state index is -4.96. The van der Waals surface area contributed by atoms with E-state index < -0.39 is 97.5 Å². The summed E-state index contributed by atoms with van der Waals surface area (Å²) in [6, 6.07) is 0. The third kappa shape index (κ3) is 78.0. The van der Waals surface area contributed by atoms with Crippen LogP contribution >= 0.6 is 15.6 Å². The quantitative estimate of drug-likeness (QED) is 0.0222. The molecule has 0 aromatic carbocycles. The summed E-state index contributed by atoms with van der Waals surface area (Å²) in [5, 5.41) is 10.7. The summed E-state index contributed by atoms with van der Waals surface area (Å²) in [6.07, 6.45) is 61.1. The third-order valence-electron chi connectivity index (χ3n) is 19.6. The number of hydrogen-bond donors (Lipinski definition) is 3. The Bertz CT molecular complexity index is 2010. The number of ether oxygens (including phenoxy) is 4. The molecule has 0 saturated heterocycles. The summed E-state index contributed by atoms with van der Waals surface area (Å²) in [4.78, 5) is 73.1. The summed E-state index contributed by atoms with van der Waals surface area (Å²) >= 11 is 0. The van der Waals surface area contributed by atoms with E-state index in [4.69, 9.17) is 37.0 Å². The first kappa shape index (κ1) is 101. The Morgan fingerprint density at radius 2 is 0.408 bits per heavy atom. The molecule has 0 aliphatic heterocycles. The van der Waals surface area contributed by atoms with Crippen molar-refractivity contribution in [1.29, 1.82) is 0 Å². The van der Waals surface area contributed by atoms with Crippen molar-refractivity contribution >= 4 is 39.5 Å². The number of hydrogen-bond acceptors (Lipinski definition) is 15. The van der Waals surface area contributed by atoms with E-state index in [1.807, 2.05) is 0 Å². The summed E-state index contributed by atoms with van der Waals surface area (Å²) in [7, 11) is -9.93. The van der Waals surface area contributed by atoms with Crippen molar-refractivity contribution in [3.05, 3.63) is 0 Å². The highest BCUT2D eigenvalue weighted by atomic mass is 31.2. The molecule has 0 aliphatic carbocycles. The van der Waals surface area contributed by atoms with Crippen molar-refractivity contribution < 1.29 is 80.2 Å². The van der Waals surface area contributed by atoms with Gasteiger partial charge in [-0.2, -0.15) is 0 Å². The Balaban J connectivity index is 5.23. The van der Waals surface area contributed by atoms with Crippen LogP contribution in [0.3, 0.4) is 0 Å². The van der Waals surface area contributed by atoms with Crippen molar-refractivity contribution in [2.75, 3.05) is 39.6 Å². The van der Waals surface area contributed by atoms with Crippen LogP contribution in [-0.4, -0.2) is 96.7 Å². The molecule has 0 rings (SSSR count). The van der Waals surface area contributed by atoms with Crippen LogP contribution in [0.25, 0.3) is 0 Å². The summed E-state index contributed by atoms with van der Waals surface area (Å²) in [5.74, 6) is 0.998. The predicted molar refractivity (Wildman–Crippen MR) is 423 cm³/mol. The van der Waals surface area contributed by atoms with Gasteiger partial charge in [0, 0.05) is 25.7 Å². The zero-order valence-corrected chi connectivity index (χ0v) is 69.7. The molecule has 0 aromatic heterocycles. The molecule has 0 aromatic rings. The van der Waals surface area contributed by atoms with Crippen LogP contribution in [0.4, 0.5) is 0 Å². The molecule has 0 bridgehead atoms. The number of carbonyl (C=O) groups excluding carboxylic acids is 4. The number of aliphatic hydroxyl groups is 1. The molecule has 19 heteroatoms. The van der Waals surface area contributed by atoms with Crippen molar-refractivity contribution in [3.63, 3.8) is 0 Å². The lowest BCUT2D eigenvalue weighted by atomic mass is 10.0. The van der Waals surface area contributed by atoms with Gasteiger partial charge in [0.2, 0.25) is 0 Å². The van der Waals surface area contributed by atoms with Gasteiger partial charge in [-0.3, -0.25) is 37.3 Å². The first-order chi connectivity index (χ1) is 49.6. The number of esters is 4. The smallest absolute Gasteiger partial charge is 0.462 e. The molecule has 5 atom stereocenters. The van der Waals surface area contributed by atoms with E-state index in [2.05, 4.69) is 55.4 Å². The molecule has 3 unspecified atom stereocenters. The number of phosphoric acid groups is 2. The molecule has 17 nitrogen and oxygen atoms in total. The molecule has 103 heavy (non-hydrogen) atoms. The second-order valence-electron chi connectivity index (χ2n) is 32.1. The highest BCUT2D eigenvalue weighted by Gasteiger charge is 2.30. The molecular formula is C84H164O17P2. The van der Waals surface area contributed by atoms with E-state index in [-0.39, 0.29) is 25.7 Å². The van der Waals surface area contributed by atoms with Crippen LogP contribution in [0, 0.1) is 23.7 Å². The van der Waals surface area contributed by atoms with E-state index in [9.17, 15) is 43.2 Å². The molecule has 0 amide bonds. The van der Waals surface area contributed by atoms with Crippen molar-refractivity contribution in [3.8, 4) is 0 Å². The molecule has 0 spiro atoms. The van der Waals surface area contributed by atoms with Gasteiger partial charge in [0.05, 0.1) is 26.4 Å². The molecule has 3 N–H and O–H groups in total. The molecule has 0 aliphatic rings. The average Bonchev–Trinajstić information content (AvgIpc) is 0.908. The number of phosphoric ester groups is 2. The molecule has 612 valence electrons. The number of carbonyl (C=O) groups is 4. The molecule has 0 fully saturated rings. The van der Waals surface area contributed by atoms with Gasteiger partial charge in [-0.15, -0.1) is 0 Å². The summed E-state index contributed by atoms with van der Waals surface area (Å²) in [6.45, 7) is 14.3. The van der Waals surface area contributed by atoms with E-state index in [1.165, 1.54) is 231 Å².